The summed E-state index contributed by atoms with van der Waals surface area (Å²) >= 11 is 5.96. The zero-order valence-electron chi connectivity index (χ0n) is 10.7. The molecule has 0 saturated carbocycles. The highest BCUT2D eigenvalue weighted by atomic mass is 35.5. The number of nitrogens with zero attached hydrogens (tertiary/aromatic N) is 2. The van der Waals surface area contributed by atoms with Gasteiger partial charge in [0.15, 0.2) is 0 Å². The van der Waals surface area contributed by atoms with E-state index in [1.807, 2.05) is 0 Å². The highest BCUT2D eigenvalue weighted by molar-refractivity contribution is 6.33. The third-order valence-corrected chi connectivity index (χ3v) is 3.39. The Kier molecular flexibility index (Phi) is 4.04. The number of carbonyl (C=O) groups is 1. The summed E-state index contributed by atoms with van der Waals surface area (Å²) in [6.45, 7) is 1.69. The highest BCUT2D eigenvalue weighted by Gasteiger charge is 2.35. The van der Waals surface area contributed by atoms with E-state index < -0.39 is 17.7 Å². The third-order valence-electron chi connectivity index (χ3n) is 3.08. The first-order valence-electron chi connectivity index (χ1n) is 5.96. The summed E-state index contributed by atoms with van der Waals surface area (Å²) in [7, 11) is 0. The standard InChI is InChI=1S/C13H12ClF3N2O/c1-8-6-11(14)10(7-18-8)12(20)19-4-2-9(3-5-19)13(15,16)17/h2,6-7H,3-5H2,1H3. The molecule has 108 valence electrons. The molecule has 7 heteroatoms. The van der Waals surface area contributed by atoms with Crippen LogP contribution in [0.2, 0.25) is 5.02 Å². The molecule has 0 saturated heterocycles. The van der Waals surface area contributed by atoms with Gasteiger partial charge in [-0.1, -0.05) is 17.7 Å². The molecule has 1 amide bonds. The number of halogens is 4. The molecule has 0 N–H and O–H groups in total. The Hall–Kier alpha value is -1.56. The molecule has 1 aliphatic heterocycles. The van der Waals surface area contributed by atoms with Crippen molar-refractivity contribution in [2.75, 3.05) is 13.1 Å². The van der Waals surface area contributed by atoms with Crippen LogP contribution in [0.1, 0.15) is 22.5 Å². The molecule has 0 fully saturated rings. The SMILES string of the molecule is Cc1cc(Cl)c(C(=O)N2CC=C(C(F)(F)F)CC2)cn1. The van der Waals surface area contributed by atoms with Gasteiger partial charge in [-0.2, -0.15) is 13.2 Å². The predicted octanol–water partition coefficient (Wildman–Crippen LogP) is 3.38. The Morgan fingerprint density at radius 2 is 2.15 bits per heavy atom. The van der Waals surface area contributed by atoms with Gasteiger partial charge in [0.1, 0.15) is 0 Å². The van der Waals surface area contributed by atoms with Crippen LogP contribution >= 0.6 is 11.6 Å². The fourth-order valence-corrected chi connectivity index (χ4v) is 2.25. The largest absolute Gasteiger partial charge is 0.412 e. The first-order valence-corrected chi connectivity index (χ1v) is 6.34. The Morgan fingerprint density at radius 3 is 2.65 bits per heavy atom. The zero-order valence-corrected chi connectivity index (χ0v) is 11.4. The summed E-state index contributed by atoms with van der Waals surface area (Å²) in [5, 5.41) is 0.257. The summed E-state index contributed by atoms with van der Waals surface area (Å²) in [5.74, 6) is -0.403. The average molecular weight is 305 g/mol. The van der Waals surface area contributed by atoms with Gasteiger partial charge in [0.2, 0.25) is 0 Å². The lowest BCUT2D eigenvalue weighted by atomic mass is 10.1. The molecule has 2 rings (SSSR count). The van der Waals surface area contributed by atoms with Gasteiger partial charge in [-0.3, -0.25) is 9.78 Å². The van der Waals surface area contributed by atoms with Crippen LogP contribution in [0.15, 0.2) is 23.9 Å². The second kappa shape index (κ2) is 5.44. The van der Waals surface area contributed by atoms with E-state index in [-0.39, 0.29) is 30.1 Å². The molecule has 0 aliphatic carbocycles. The normalized spacial score (nSPS) is 16.1. The van der Waals surface area contributed by atoms with E-state index in [1.54, 1.807) is 13.0 Å². The van der Waals surface area contributed by atoms with Crippen LogP contribution in [-0.2, 0) is 0 Å². The summed E-state index contributed by atoms with van der Waals surface area (Å²) in [4.78, 5) is 17.5. The van der Waals surface area contributed by atoms with E-state index in [1.165, 1.54) is 11.1 Å². The molecule has 1 aromatic rings. The number of hydrogen-bond donors (Lipinski definition) is 0. The molecule has 1 aliphatic rings. The fraction of sp³-hybridized carbons (Fsp3) is 0.385. The van der Waals surface area contributed by atoms with Gasteiger partial charge in [0.25, 0.3) is 5.91 Å². The van der Waals surface area contributed by atoms with Crippen LogP contribution < -0.4 is 0 Å². The van der Waals surface area contributed by atoms with Gasteiger partial charge in [0, 0.05) is 30.6 Å². The van der Waals surface area contributed by atoms with E-state index in [4.69, 9.17) is 11.6 Å². The number of aromatic nitrogens is 1. The number of aryl methyl sites for hydroxylation is 1. The minimum Gasteiger partial charge on any atom is -0.334 e. The predicted molar refractivity (Wildman–Crippen MR) is 68.6 cm³/mol. The summed E-state index contributed by atoms with van der Waals surface area (Å²) in [6.07, 6.45) is -2.13. The van der Waals surface area contributed by atoms with Gasteiger partial charge >= 0.3 is 6.18 Å². The number of alkyl halides is 3. The average Bonchev–Trinajstić information content (AvgIpc) is 2.37. The van der Waals surface area contributed by atoms with Crippen molar-refractivity contribution in [3.05, 3.63) is 40.2 Å². The van der Waals surface area contributed by atoms with Crippen molar-refractivity contribution in [1.29, 1.82) is 0 Å². The third kappa shape index (κ3) is 3.12. The molecule has 0 radical (unpaired) electrons. The lowest BCUT2D eigenvalue weighted by Crippen LogP contribution is -2.37. The number of carbonyl (C=O) groups excluding carboxylic acids is 1. The number of hydrogen-bond acceptors (Lipinski definition) is 2. The highest BCUT2D eigenvalue weighted by Crippen LogP contribution is 2.30. The van der Waals surface area contributed by atoms with E-state index in [2.05, 4.69) is 4.98 Å². The van der Waals surface area contributed by atoms with Gasteiger partial charge < -0.3 is 4.90 Å². The first-order chi connectivity index (χ1) is 9.29. The number of amides is 1. The van der Waals surface area contributed by atoms with Crippen LogP contribution in [0, 0.1) is 6.92 Å². The maximum absolute atomic E-state index is 12.5. The smallest absolute Gasteiger partial charge is 0.334 e. The molecule has 0 spiro atoms. The van der Waals surface area contributed by atoms with Gasteiger partial charge in [-0.05, 0) is 19.4 Å². The Morgan fingerprint density at radius 1 is 1.45 bits per heavy atom. The molecular formula is C13H12ClF3N2O. The molecule has 0 unspecified atom stereocenters. The molecule has 0 bridgehead atoms. The van der Waals surface area contributed by atoms with Crippen molar-refractivity contribution in [2.45, 2.75) is 19.5 Å². The molecular weight excluding hydrogens is 293 g/mol. The van der Waals surface area contributed by atoms with Gasteiger partial charge in [-0.25, -0.2) is 0 Å². The zero-order chi connectivity index (χ0) is 14.9. The minimum absolute atomic E-state index is 0.0222. The van der Waals surface area contributed by atoms with Crippen molar-refractivity contribution in [1.82, 2.24) is 9.88 Å². The van der Waals surface area contributed by atoms with Crippen molar-refractivity contribution in [3.63, 3.8) is 0 Å². The van der Waals surface area contributed by atoms with Crippen LogP contribution in [0.5, 0.6) is 0 Å². The van der Waals surface area contributed by atoms with Crippen molar-refractivity contribution in [3.8, 4) is 0 Å². The molecule has 3 nitrogen and oxygen atoms in total. The molecule has 2 heterocycles. The van der Waals surface area contributed by atoms with E-state index in [0.29, 0.717) is 5.69 Å². The molecule has 20 heavy (non-hydrogen) atoms. The summed E-state index contributed by atoms with van der Waals surface area (Å²) in [6, 6.07) is 1.55. The quantitative estimate of drug-likeness (QED) is 0.745. The molecule has 0 aromatic carbocycles. The van der Waals surface area contributed by atoms with Crippen molar-refractivity contribution < 1.29 is 18.0 Å². The van der Waals surface area contributed by atoms with Gasteiger partial charge in [0.05, 0.1) is 10.6 Å². The lowest BCUT2D eigenvalue weighted by Gasteiger charge is -2.27. The molecule has 0 atom stereocenters. The van der Waals surface area contributed by atoms with E-state index in [0.717, 1.165) is 6.08 Å². The Balaban J connectivity index is 2.14. The number of rotatable bonds is 1. The second-order valence-electron chi connectivity index (χ2n) is 4.53. The summed E-state index contributed by atoms with van der Waals surface area (Å²) in [5.41, 5.74) is 0.292. The Bertz CT molecular complexity index is 569. The van der Waals surface area contributed by atoms with Crippen LogP contribution in [0.4, 0.5) is 13.2 Å². The van der Waals surface area contributed by atoms with Crippen molar-refractivity contribution in [2.24, 2.45) is 0 Å². The first kappa shape index (κ1) is 14.8. The number of pyridine rings is 1. The lowest BCUT2D eigenvalue weighted by molar-refractivity contribution is -0.0957. The maximum atomic E-state index is 12.5. The minimum atomic E-state index is -4.32. The summed E-state index contributed by atoms with van der Waals surface area (Å²) < 4.78 is 37.5. The topological polar surface area (TPSA) is 33.2 Å². The monoisotopic (exact) mass is 304 g/mol. The van der Waals surface area contributed by atoms with Crippen LogP contribution in [0.3, 0.4) is 0 Å². The van der Waals surface area contributed by atoms with E-state index in [9.17, 15) is 18.0 Å². The maximum Gasteiger partial charge on any atom is 0.412 e. The van der Waals surface area contributed by atoms with E-state index >= 15 is 0 Å². The molecule has 1 aromatic heterocycles. The fourth-order valence-electron chi connectivity index (χ4n) is 1.97. The van der Waals surface area contributed by atoms with Crippen LogP contribution in [0.25, 0.3) is 0 Å². The van der Waals surface area contributed by atoms with Crippen LogP contribution in [-0.4, -0.2) is 35.1 Å². The second-order valence-corrected chi connectivity index (χ2v) is 4.94. The van der Waals surface area contributed by atoms with Gasteiger partial charge in [-0.15, -0.1) is 0 Å². The van der Waals surface area contributed by atoms with Crippen molar-refractivity contribution >= 4 is 17.5 Å². The Labute approximate surface area is 119 Å².